The van der Waals surface area contributed by atoms with E-state index >= 15 is 0 Å². The molecule has 0 aliphatic carbocycles. The fourth-order valence-electron chi connectivity index (χ4n) is 4.72. The molecule has 0 saturated carbocycles. The van der Waals surface area contributed by atoms with Crippen LogP contribution in [0.1, 0.15) is 30.5 Å². The van der Waals surface area contributed by atoms with Gasteiger partial charge in [-0.05, 0) is 74.4 Å². The highest BCUT2D eigenvalue weighted by atomic mass is 35.5. The van der Waals surface area contributed by atoms with Crippen molar-refractivity contribution in [2.75, 3.05) is 10.8 Å². The Balaban J connectivity index is 1.80. The molecular formula is C34H35Cl2N3O4S. The molecule has 1 N–H and O–H groups in total. The second kappa shape index (κ2) is 14.8. The van der Waals surface area contributed by atoms with Crippen LogP contribution in [0.2, 0.25) is 10.0 Å². The number of benzene rings is 4. The minimum Gasteiger partial charge on any atom is -0.352 e. The van der Waals surface area contributed by atoms with Gasteiger partial charge < -0.3 is 10.2 Å². The zero-order valence-electron chi connectivity index (χ0n) is 24.8. The van der Waals surface area contributed by atoms with Crippen molar-refractivity contribution in [3.63, 3.8) is 0 Å². The van der Waals surface area contributed by atoms with Gasteiger partial charge in [0, 0.05) is 29.1 Å². The number of hydrogen-bond donors (Lipinski definition) is 1. The molecule has 0 spiro atoms. The van der Waals surface area contributed by atoms with E-state index in [1.54, 1.807) is 18.2 Å². The third-order valence-electron chi connectivity index (χ3n) is 6.95. The van der Waals surface area contributed by atoms with Crippen molar-refractivity contribution < 1.29 is 18.0 Å². The minimum atomic E-state index is -4.25. The van der Waals surface area contributed by atoms with Gasteiger partial charge in [0.25, 0.3) is 10.0 Å². The first kappa shape index (κ1) is 33.1. The Kier molecular flexibility index (Phi) is 11.1. The average Bonchev–Trinajstić information content (AvgIpc) is 2.98. The SMILES string of the molecule is Cc1ccc(CN(C(=O)CN(c2cccc(Cl)c2)S(=O)(=O)c2ccc(Cl)cc2)[C@H](Cc2ccccc2)C(=O)NC(C)C)cc1. The topological polar surface area (TPSA) is 86.8 Å². The standard InChI is InChI=1S/C34H35Cl2N3O4S/c1-24(2)37-34(41)32(20-26-8-5-4-6-9-26)38(22-27-14-12-25(3)13-15-27)33(40)23-39(30-11-7-10-29(36)21-30)44(42,43)31-18-16-28(35)17-19-31/h4-19,21,24,32H,20,22-23H2,1-3H3,(H,37,41)/t32-/m1/s1. The number of carbonyl (C=O) groups is 2. The van der Waals surface area contributed by atoms with Crippen molar-refractivity contribution in [2.24, 2.45) is 0 Å². The molecule has 0 aliphatic heterocycles. The van der Waals surface area contributed by atoms with Crippen LogP contribution in [0.25, 0.3) is 0 Å². The van der Waals surface area contributed by atoms with Crippen LogP contribution >= 0.6 is 23.2 Å². The van der Waals surface area contributed by atoms with Crippen LogP contribution in [-0.2, 0) is 32.6 Å². The zero-order chi connectivity index (χ0) is 31.9. The molecular weight excluding hydrogens is 617 g/mol. The van der Waals surface area contributed by atoms with Gasteiger partial charge in [-0.1, -0.05) is 89.4 Å². The summed E-state index contributed by atoms with van der Waals surface area (Å²) in [5.41, 5.74) is 2.92. The van der Waals surface area contributed by atoms with Crippen LogP contribution in [0.4, 0.5) is 5.69 Å². The fraction of sp³-hybridized carbons (Fsp3) is 0.235. The largest absolute Gasteiger partial charge is 0.352 e. The van der Waals surface area contributed by atoms with Crippen LogP contribution in [0.15, 0.2) is 108 Å². The lowest BCUT2D eigenvalue weighted by Crippen LogP contribution is -2.54. The summed E-state index contributed by atoms with van der Waals surface area (Å²) in [5, 5.41) is 3.63. The van der Waals surface area contributed by atoms with Gasteiger partial charge in [-0.2, -0.15) is 0 Å². The molecule has 2 amide bonds. The molecule has 4 aromatic rings. The lowest BCUT2D eigenvalue weighted by Gasteiger charge is -2.34. The van der Waals surface area contributed by atoms with Gasteiger partial charge in [0.05, 0.1) is 10.6 Å². The summed E-state index contributed by atoms with van der Waals surface area (Å²) in [5.74, 6) is -0.887. The van der Waals surface area contributed by atoms with Crippen molar-refractivity contribution in [3.8, 4) is 0 Å². The molecule has 7 nitrogen and oxygen atoms in total. The number of nitrogens with one attached hydrogen (secondary N) is 1. The Morgan fingerprint density at radius 3 is 2.07 bits per heavy atom. The van der Waals surface area contributed by atoms with Gasteiger partial charge in [-0.25, -0.2) is 8.42 Å². The maximum Gasteiger partial charge on any atom is 0.264 e. The van der Waals surface area contributed by atoms with Crippen molar-refractivity contribution in [1.82, 2.24) is 10.2 Å². The average molecular weight is 653 g/mol. The molecule has 230 valence electrons. The summed E-state index contributed by atoms with van der Waals surface area (Å²) in [6.45, 7) is 5.18. The first-order chi connectivity index (χ1) is 20.9. The van der Waals surface area contributed by atoms with Crippen molar-refractivity contribution in [3.05, 3.63) is 130 Å². The van der Waals surface area contributed by atoms with Crippen LogP contribution in [0.5, 0.6) is 0 Å². The molecule has 0 saturated heterocycles. The zero-order valence-corrected chi connectivity index (χ0v) is 27.1. The van der Waals surface area contributed by atoms with Gasteiger partial charge >= 0.3 is 0 Å². The van der Waals surface area contributed by atoms with E-state index in [2.05, 4.69) is 5.32 Å². The Bertz CT molecular complexity index is 1680. The van der Waals surface area contributed by atoms with E-state index in [9.17, 15) is 18.0 Å². The van der Waals surface area contributed by atoms with E-state index in [0.29, 0.717) is 10.0 Å². The summed E-state index contributed by atoms with van der Waals surface area (Å²) in [6.07, 6.45) is 0.234. The molecule has 0 bridgehead atoms. The maximum atomic E-state index is 14.4. The molecule has 0 aliphatic rings. The highest BCUT2D eigenvalue weighted by Crippen LogP contribution is 2.28. The van der Waals surface area contributed by atoms with E-state index in [1.807, 2.05) is 75.4 Å². The fourth-order valence-corrected chi connectivity index (χ4v) is 6.44. The Morgan fingerprint density at radius 1 is 0.795 bits per heavy atom. The highest BCUT2D eigenvalue weighted by molar-refractivity contribution is 7.92. The van der Waals surface area contributed by atoms with Gasteiger partial charge in [0.15, 0.2) is 0 Å². The van der Waals surface area contributed by atoms with E-state index < -0.39 is 28.5 Å². The molecule has 10 heteroatoms. The van der Waals surface area contributed by atoms with Gasteiger partial charge in [0.2, 0.25) is 11.8 Å². The molecule has 1 atom stereocenters. The Labute approximate surface area is 269 Å². The van der Waals surface area contributed by atoms with Gasteiger partial charge in [-0.3, -0.25) is 13.9 Å². The van der Waals surface area contributed by atoms with Crippen LogP contribution in [0.3, 0.4) is 0 Å². The number of sulfonamides is 1. The van der Waals surface area contributed by atoms with Gasteiger partial charge in [-0.15, -0.1) is 0 Å². The third kappa shape index (κ3) is 8.62. The lowest BCUT2D eigenvalue weighted by atomic mass is 10.0. The summed E-state index contributed by atoms with van der Waals surface area (Å²) < 4.78 is 29.1. The molecule has 0 aromatic heterocycles. The predicted molar refractivity (Wildman–Crippen MR) is 176 cm³/mol. The number of carbonyl (C=O) groups excluding carboxylic acids is 2. The first-order valence-corrected chi connectivity index (χ1v) is 16.4. The molecule has 4 aromatic carbocycles. The molecule has 44 heavy (non-hydrogen) atoms. The van der Waals surface area contributed by atoms with Crippen molar-refractivity contribution in [1.29, 1.82) is 0 Å². The summed E-state index contributed by atoms with van der Waals surface area (Å²) in [4.78, 5) is 29.6. The van der Waals surface area contributed by atoms with E-state index in [0.717, 1.165) is 21.0 Å². The molecule has 0 fully saturated rings. The Morgan fingerprint density at radius 2 is 1.45 bits per heavy atom. The predicted octanol–water partition coefficient (Wildman–Crippen LogP) is 6.66. The number of aryl methyl sites for hydroxylation is 1. The van der Waals surface area contributed by atoms with Crippen LogP contribution in [0, 0.1) is 6.92 Å². The van der Waals surface area contributed by atoms with E-state index in [4.69, 9.17) is 23.2 Å². The molecule has 0 heterocycles. The summed E-state index contributed by atoms with van der Waals surface area (Å²) >= 11 is 12.3. The quantitative estimate of drug-likeness (QED) is 0.186. The Hall–Kier alpha value is -3.85. The second-order valence-electron chi connectivity index (χ2n) is 10.8. The van der Waals surface area contributed by atoms with E-state index in [-0.39, 0.29) is 35.5 Å². The first-order valence-electron chi connectivity index (χ1n) is 14.2. The molecule has 0 unspecified atom stereocenters. The maximum absolute atomic E-state index is 14.4. The van der Waals surface area contributed by atoms with Crippen LogP contribution < -0.4 is 9.62 Å². The monoisotopic (exact) mass is 651 g/mol. The second-order valence-corrected chi connectivity index (χ2v) is 13.6. The molecule has 4 rings (SSSR count). The number of nitrogens with zero attached hydrogens (tertiary/aromatic N) is 2. The molecule has 0 radical (unpaired) electrons. The normalized spacial score (nSPS) is 12.0. The number of rotatable bonds is 12. The van der Waals surface area contributed by atoms with Gasteiger partial charge in [0.1, 0.15) is 12.6 Å². The lowest BCUT2D eigenvalue weighted by molar-refractivity contribution is -0.140. The smallest absolute Gasteiger partial charge is 0.264 e. The number of amides is 2. The van der Waals surface area contributed by atoms with E-state index in [1.165, 1.54) is 35.2 Å². The summed E-state index contributed by atoms with van der Waals surface area (Å²) in [7, 11) is -4.25. The van der Waals surface area contributed by atoms with Crippen molar-refractivity contribution in [2.45, 2.75) is 50.7 Å². The van der Waals surface area contributed by atoms with Crippen molar-refractivity contribution >= 4 is 50.7 Å². The third-order valence-corrected chi connectivity index (χ3v) is 9.23. The number of anilines is 1. The number of halogens is 2. The number of hydrogen-bond acceptors (Lipinski definition) is 4. The highest BCUT2D eigenvalue weighted by Gasteiger charge is 2.35. The minimum absolute atomic E-state index is 0.0434. The van der Waals surface area contributed by atoms with Crippen LogP contribution in [-0.4, -0.2) is 43.8 Å². The summed E-state index contributed by atoms with van der Waals surface area (Å²) in [6, 6.07) is 28.0.